The van der Waals surface area contributed by atoms with Crippen LogP contribution in [0, 0.1) is 5.92 Å². The molecule has 1 atom stereocenters. The number of hydrogen-bond acceptors (Lipinski definition) is 3. The molecule has 1 aromatic carbocycles. The summed E-state index contributed by atoms with van der Waals surface area (Å²) in [4.78, 5) is 0. The average Bonchev–Trinajstić information content (AvgIpc) is 2.90. The number of fused-ring (bicyclic) bond motifs is 1. The lowest BCUT2D eigenvalue weighted by Gasteiger charge is -2.19. The molecule has 2 rings (SSSR count). The van der Waals surface area contributed by atoms with Gasteiger partial charge in [-0.15, -0.1) is 0 Å². The van der Waals surface area contributed by atoms with E-state index in [0.717, 1.165) is 43.8 Å². The summed E-state index contributed by atoms with van der Waals surface area (Å²) in [6.45, 7) is 7.38. The van der Waals surface area contributed by atoms with Crippen molar-refractivity contribution in [3.8, 4) is 11.5 Å². The largest absolute Gasteiger partial charge is 0.496 e. The minimum absolute atomic E-state index is 0.184. The van der Waals surface area contributed by atoms with Crippen LogP contribution in [-0.4, -0.2) is 19.8 Å². The molecule has 0 radical (unpaired) electrons. The second-order valence-electron chi connectivity index (χ2n) is 6.09. The molecule has 1 unspecified atom stereocenters. The van der Waals surface area contributed by atoms with E-state index in [0.29, 0.717) is 5.92 Å². The molecule has 0 aromatic heterocycles. The Bertz CT molecular complexity index is 469. The summed E-state index contributed by atoms with van der Waals surface area (Å²) < 4.78 is 11.5. The summed E-state index contributed by atoms with van der Waals surface area (Å²) >= 11 is 0. The van der Waals surface area contributed by atoms with Gasteiger partial charge in [-0.3, -0.25) is 0 Å². The summed E-state index contributed by atoms with van der Waals surface area (Å²) in [6, 6.07) is 2.32. The highest BCUT2D eigenvalue weighted by molar-refractivity contribution is 5.56. The monoisotopic (exact) mass is 277 g/mol. The first kappa shape index (κ1) is 15.2. The number of ether oxygens (including phenoxy) is 2. The van der Waals surface area contributed by atoms with Gasteiger partial charge in [-0.1, -0.05) is 20.8 Å². The number of rotatable bonds is 6. The highest BCUT2D eigenvalue weighted by atomic mass is 16.5. The van der Waals surface area contributed by atoms with Gasteiger partial charge in [-0.05, 0) is 36.8 Å². The average molecular weight is 277 g/mol. The lowest BCUT2D eigenvalue weighted by Crippen LogP contribution is -2.21. The summed E-state index contributed by atoms with van der Waals surface area (Å²) in [5, 5.41) is 0. The van der Waals surface area contributed by atoms with Crippen LogP contribution in [0.3, 0.4) is 0 Å². The lowest BCUT2D eigenvalue weighted by molar-refractivity contribution is 0.351. The second kappa shape index (κ2) is 6.49. The molecule has 0 amide bonds. The van der Waals surface area contributed by atoms with Crippen LogP contribution in [-0.2, 0) is 19.3 Å². The lowest BCUT2D eigenvalue weighted by atomic mass is 9.91. The third-order valence-corrected chi connectivity index (χ3v) is 3.97. The maximum absolute atomic E-state index is 6.11. The van der Waals surface area contributed by atoms with Crippen LogP contribution in [0.25, 0.3) is 0 Å². The maximum Gasteiger partial charge on any atom is 0.126 e. The van der Waals surface area contributed by atoms with Crippen LogP contribution in [0.15, 0.2) is 6.07 Å². The van der Waals surface area contributed by atoms with E-state index in [-0.39, 0.29) is 6.04 Å². The Hall–Kier alpha value is -1.22. The fourth-order valence-corrected chi connectivity index (χ4v) is 2.88. The van der Waals surface area contributed by atoms with E-state index in [2.05, 4.69) is 26.8 Å². The fraction of sp³-hybridized carbons (Fsp3) is 0.647. The van der Waals surface area contributed by atoms with E-state index in [9.17, 15) is 0 Å². The number of hydrogen-bond donors (Lipinski definition) is 1. The predicted octanol–water partition coefficient (Wildman–Crippen LogP) is 3.11. The molecule has 3 nitrogen and oxygen atoms in total. The quantitative estimate of drug-likeness (QED) is 0.869. The van der Waals surface area contributed by atoms with Crippen molar-refractivity contribution >= 4 is 0 Å². The molecule has 1 heterocycles. The van der Waals surface area contributed by atoms with Gasteiger partial charge in [0.05, 0.1) is 13.7 Å². The van der Waals surface area contributed by atoms with Gasteiger partial charge in [0.15, 0.2) is 0 Å². The smallest absolute Gasteiger partial charge is 0.126 e. The fourth-order valence-electron chi connectivity index (χ4n) is 2.88. The minimum atomic E-state index is 0.184. The van der Waals surface area contributed by atoms with E-state index >= 15 is 0 Å². The van der Waals surface area contributed by atoms with Gasteiger partial charge in [-0.25, -0.2) is 0 Å². The first-order chi connectivity index (χ1) is 9.56. The van der Waals surface area contributed by atoms with Gasteiger partial charge in [0.1, 0.15) is 11.5 Å². The molecule has 3 heteroatoms. The maximum atomic E-state index is 6.11. The van der Waals surface area contributed by atoms with Crippen molar-refractivity contribution in [1.82, 2.24) is 0 Å². The van der Waals surface area contributed by atoms with Crippen molar-refractivity contribution in [1.29, 1.82) is 0 Å². The molecule has 0 aliphatic carbocycles. The third kappa shape index (κ3) is 3.09. The van der Waals surface area contributed by atoms with Crippen LogP contribution in [0.4, 0.5) is 0 Å². The number of methoxy groups -OCH3 is 1. The summed E-state index contributed by atoms with van der Waals surface area (Å²) in [5.74, 6) is 2.68. The van der Waals surface area contributed by atoms with Crippen molar-refractivity contribution in [2.24, 2.45) is 11.7 Å². The molecular weight excluding hydrogens is 250 g/mol. The van der Waals surface area contributed by atoms with Gasteiger partial charge >= 0.3 is 0 Å². The molecule has 2 N–H and O–H groups in total. The molecule has 0 saturated carbocycles. The first-order valence-corrected chi connectivity index (χ1v) is 7.66. The van der Waals surface area contributed by atoms with Crippen LogP contribution >= 0.6 is 0 Å². The number of nitrogens with two attached hydrogens (primary N) is 1. The number of benzene rings is 1. The Balaban J connectivity index is 2.43. The van der Waals surface area contributed by atoms with Crippen molar-refractivity contribution in [3.63, 3.8) is 0 Å². The van der Waals surface area contributed by atoms with Gasteiger partial charge in [-0.2, -0.15) is 0 Å². The molecule has 20 heavy (non-hydrogen) atoms. The Morgan fingerprint density at radius 1 is 1.35 bits per heavy atom. The summed E-state index contributed by atoms with van der Waals surface area (Å²) in [5.41, 5.74) is 9.98. The zero-order chi connectivity index (χ0) is 14.7. The second-order valence-corrected chi connectivity index (χ2v) is 6.09. The standard InChI is InChI=1S/C17H27NO2/c1-5-13(18)9-12-10-16(19-4)15(8-11(2)3)14-6-7-20-17(12)14/h10-11,13H,5-9,18H2,1-4H3. The normalized spacial score (nSPS) is 15.1. The SMILES string of the molecule is CCC(N)Cc1cc(OC)c(CC(C)C)c2c1OCC2. The van der Waals surface area contributed by atoms with Crippen molar-refractivity contribution < 1.29 is 9.47 Å². The van der Waals surface area contributed by atoms with E-state index in [1.807, 2.05) is 0 Å². The molecule has 1 aliphatic heterocycles. The Kier molecular flexibility index (Phi) is 4.92. The zero-order valence-corrected chi connectivity index (χ0v) is 13.2. The van der Waals surface area contributed by atoms with Crippen molar-refractivity contribution in [2.75, 3.05) is 13.7 Å². The zero-order valence-electron chi connectivity index (χ0n) is 13.2. The van der Waals surface area contributed by atoms with Crippen LogP contribution in [0.2, 0.25) is 0 Å². The van der Waals surface area contributed by atoms with Gasteiger partial charge in [0.2, 0.25) is 0 Å². The molecule has 1 aromatic rings. The van der Waals surface area contributed by atoms with E-state index in [1.165, 1.54) is 16.7 Å². The van der Waals surface area contributed by atoms with Gasteiger partial charge in [0, 0.05) is 23.6 Å². The minimum Gasteiger partial charge on any atom is -0.496 e. The molecular formula is C17H27NO2. The van der Waals surface area contributed by atoms with E-state index < -0.39 is 0 Å². The van der Waals surface area contributed by atoms with Crippen molar-refractivity contribution in [2.45, 2.75) is 52.5 Å². The Morgan fingerprint density at radius 2 is 2.10 bits per heavy atom. The van der Waals surface area contributed by atoms with Crippen molar-refractivity contribution in [3.05, 3.63) is 22.8 Å². The molecule has 0 bridgehead atoms. The topological polar surface area (TPSA) is 44.5 Å². The van der Waals surface area contributed by atoms with Crippen LogP contribution in [0.5, 0.6) is 11.5 Å². The predicted molar refractivity (Wildman–Crippen MR) is 82.7 cm³/mol. The third-order valence-electron chi connectivity index (χ3n) is 3.97. The summed E-state index contributed by atoms with van der Waals surface area (Å²) in [7, 11) is 1.75. The molecule has 1 aliphatic rings. The first-order valence-electron chi connectivity index (χ1n) is 7.66. The van der Waals surface area contributed by atoms with Gasteiger partial charge < -0.3 is 15.2 Å². The molecule has 0 fully saturated rings. The van der Waals surface area contributed by atoms with E-state index in [1.54, 1.807) is 7.11 Å². The highest BCUT2D eigenvalue weighted by Crippen LogP contribution is 2.39. The van der Waals surface area contributed by atoms with E-state index in [4.69, 9.17) is 15.2 Å². The molecule has 0 saturated heterocycles. The molecule has 112 valence electrons. The summed E-state index contributed by atoms with van der Waals surface area (Å²) in [6.07, 6.45) is 3.86. The Labute approximate surface area is 122 Å². The van der Waals surface area contributed by atoms with Crippen LogP contribution < -0.4 is 15.2 Å². The Morgan fingerprint density at radius 3 is 2.70 bits per heavy atom. The highest BCUT2D eigenvalue weighted by Gasteiger charge is 2.24. The van der Waals surface area contributed by atoms with Gasteiger partial charge in [0.25, 0.3) is 0 Å². The molecule has 0 spiro atoms. The van der Waals surface area contributed by atoms with Crippen LogP contribution in [0.1, 0.15) is 43.9 Å².